The maximum absolute atomic E-state index is 2.76. The highest BCUT2D eigenvalue weighted by atomic mass is 15.1. The van der Waals surface area contributed by atoms with Gasteiger partial charge in [0.15, 0.2) is 0 Å². The summed E-state index contributed by atoms with van der Waals surface area (Å²) in [7, 11) is 8.82. The fourth-order valence-corrected chi connectivity index (χ4v) is 8.90. The molecule has 0 bridgehead atoms. The first-order valence-corrected chi connectivity index (χ1v) is 21.8. The molecule has 288 valence electrons. The van der Waals surface area contributed by atoms with Gasteiger partial charge in [-0.3, -0.25) is 0 Å². The van der Waals surface area contributed by atoms with E-state index in [1.54, 1.807) is 22.3 Å². The Hall–Kier alpha value is -1.42. The van der Waals surface area contributed by atoms with Gasteiger partial charge in [-0.25, -0.2) is 0 Å². The lowest BCUT2D eigenvalue weighted by Crippen LogP contribution is -2.31. The van der Waals surface area contributed by atoms with E-state index in [2.05, 4.69) is 101 Å². The summed E-state index contributed by atoms with van der Waals surface area (Å²) < 4.78 is 0. The molecule has 0 heterocycles. The summed E-state index contributed by atoms with van der Waals surface area (Å²) in [6, 6.07) is 0. The molecule has 3 nitrogen and oxygen atoms in total. The third-order valence-corrected chi connectivity index (χ3v) is 11.5. The van der Waals surface area contributed by atoms with Crippen LogP contribution in [0, 0.1) is 5.41 Å². The maximum atomic E-state index is 2.76. The first-order chi connectivity index (χ1) is 24.3. The van der Waals surface area contributed by atoms with Crippen molar-refractivity contribution < 1.29 is 0 Å². The predicted molar refractivity (Wildman–Crippen MR) is 225 cm³/mol. The molecule has 0 spiro atoms. The molecular weight excluding hydrogens is 607 g/mol. The van der Waals surface area contributed by atoms with Gasteiger partial charge in [-0.1, -0.05) is 133 Å². The van der Waals surface area contributed by atoms with Crippen LogP contribution >= 0.6 is 0 Å². The SMILES string of the molecule is CC/C=C\C1=C(CC)C(CCCCCCC/C(=C/CC)CCCCC)(CCCCCCN(CCCN(C)C)CCCN(C)C)C2=C1C=CCC2. The van der Waals surface area contributed by atoms with Gasteiger partial charge in [-0.15, -0.1) is 0 Å². The van der Waals surface area contributed by atoms with Gasteiger partial charge >= 0.3 is 0 Å². The lowest BCUT2D eigenvalue weighted by molar-refractivity contribution is 0.235. The Balaban J connectivity index is 2.01. The van der Waals surface area contributed by atoms with E-state index in [4.69, 9.17) is 0 Å². The normalized spacial score (nSPS) is 18.3. The number of allylic oxidation sites excluding steroid dienone is 10. The summed E-state index contributed by atoms with van der Waals surface area (Å²) in [5, 5.41) is 0. The Bertz CT molecular complexity index is 1030. The van der Waals surface area contributed by atoms with E-state index in [1.807, 2.05) is 5.57 Å². The molecule has 2 aliphatic rings. The Morgan fingerprint density at radius 1 is 0.660 bits per heavy atom. The molecule has 0 aromatic carbocycles. The highest BCUT2D eigenvalue weighted by Gasteiger charge is 2.43. The molecule has 1 unspecified atom stereocenters. The summed E-state index contributed by atoms with van der Waals surface area (Å²) in [5.74, 6) is 0. The van der Waals surface area contributed by atoms with E-state index in [-0.39, 0.29) is 0 Å². The Morgan fingerprint density at radius 2 is 1.24 bits per heavy atom. The van der Waals surface area contributed by atoms with Crippen molar-refractivity contribution in [3.63, 3.8) is 0 Å². The third kappa shape index (κ3) is 16.5. The summed E-state index contributed by atoms with van der Waals surface area (Å²) in [4.78, 5) is 7.42. The van der Waals surface area contributed by atoms with Crippen molar-refractivity contribution >= 4 is 0 Å². The predicted octanol–water partition coefficient (Wildman–Crippen LogP) is 13.1. The molecular formula is C47H85N3. The molecule has 1 atom stereocenters. The van der Waals surface area contributed by atoms with E-state index in [1.165, 1.54) is 174 Å². The van der Waals surface area contributed by atoms with Crippen molar-refractivity contribution in [3.8, 4) is 0 Å². The summed E-state index contributed by atoms with van der Waals surface area (Å²) in [6.45, 7) is 15.5. The van der Waals surface area contributed by atoms with Gasteiger partial charge in [0.05, 0.1) is 0 Å². The molecule has 0 aromatic heterocycles. The fourth-order valence-electron chi connectivity index (χ4n) is 8.90. The van der Waals surface area contributed by atoms with Gasteiger partial charge in [0, 0.05) is 5.41 Å². The second-order valence-electron chi connectivity index (χ2n) is 16.3. The molecule has 0 aliphatic heterocycles. The Morgan fingerprint density at radius 3 is 1.82 bits per heavy atom. The fraction of sp³-hybridized carbons (Fsp3) is 0.787. The minimum absolute atomic E-state index is 0.308. The van der Waals surface area contributed by atoms with Crippen LogP contribution in [0.1, 0.15) is 175 Å². The van der Waals surface area contributed by atoms with Gasteiger partial charge in [0.1, 0.15) is 0 Å². The number of unbranched alkanes of at least 4 members (excludes halogenated alkanes) is 9. The molecule has 2 rings (SSSR count). The first kappa shape index (κ1) is 44.7. The Labute approximate surface area is 313 Å². The zero-order valence-corrected chi connectivity index (χ0v) is 35.0. The lowest BCUT2D eigenvalue weighted by Gasteiger charge is -2.37. The molecule has 0 fully saturated rings. The molecule has 0 N–H and O–H groups in total. The number of hydrogen-bond acceptors (Lipinski definition) is 3. The quantitative estimate of drug-likeness (QED) is 0.0529. The zero-order chi connectivity index (χ0) is 36.5. The van der Waals surface area contributed by atoms with Crippen LogP contribution < -0.4 is 0 Å². The molecule has 50 heavy (non-hydrogen) atoms. The Kier molecular flexibility index (Phi) is 24.4. The van der Waals surface area contributed by atoms with Gasteiger partial charge in [-0.05, 0) is 162 Å². The molecule has 2 aliphatic carbocycles. The van der Waals surface area contributed by atoms with E-state index < -0.39 is 0 Å². The highest BCUT2D eigenvalue weighted by molar-refractivity contribution is 5.63. The van der Waals surface area contributed by atoms with Gasteiger partial charge in [0.2, 0.25) is 0 Å². The number of nitrogens with zero attached hydrogens (tertiary/aromatic N) is 3. The summed E-state index contributed by atoms with van der Waals surface area (Å²) >= 11 is 0. The van der Waals surface area contributed by atoms with Crippen LogP contribution in [0.3, 0.4) is 0 Å². The van der Waals surface area contributed by atoms with Crippen molar-refractivity contribution in [2.75, 3.05) is 60.9 Å². The minimum Gasteiger partial charge on any atom is -0.309 e. The van der Waals surface area contributed by atoms with Crippen LogP contribution in [-0.2, 0) is 0 Å². The second-order valence-corrected chi connectivity index (χ2v) is 16.3. The van der Waals surface area contributed by atoms with Gasteiger partial charge in [0.25, 0.3) is 0 Å². The smallest absolute Gasteiger partial charge is 0.0139 e. The number of hydrogen-bond donors (Lipinski definition) is 0. The molecule has 0 radical (unpaired) electrons. The molecule has 0 saturated heterocycles. The van der Waals surface area contributed by atoms with Crippen LogP contribution in [0.2, 0.25) is 0 Å². The zero-order valence-electron chi connectivity index (χ0n) is 35.0. The lowest BCUT2D eigenvalue weighted by atomic mass is 9.66. The summed E-state index contributed by atoms with van der Waals surface area (Å²) in [6.07, 6.45) is 43.0. The first-order valence-electron chi connectivity index (χ1n) is 21.8. The highest BCUT2D eigenvalue weighted by Crippen LogP contribution is 2.57. The van der Waals surface area contributed by atoms with Crippen molar-refractivity contribution in [2.24, 2.45) is 5.41 Å². The van der Waals surface area contributed by atoms with Crippen molar-refractivity contribution in [2.45, 2.75) is 175 Å². The standard InChI is InChI=1S/C47H85N3/c1-9-13-20-30-42(29-11-3)31-21-16-15-17-24-35-47(45(12-4)43(32-14-10-2)44-33-22-23-34-46(44)47)36-25-18-19-26-39-50(40-27-37-48(5)6)41-28-38-49(7)8/h14,22,29,32-33H,9-13,15-21,23-28,30-31,34-41H2,1-8H3/b32-14-,42-29+. The van der Waals surface area contributed by atoms with E-state index >= 15 is 0 Å². The molecule has 0 aromatic rings. The maximum Gasteiger partial charge on any atom is 0.0139 e. The van der Waals surface area contributed by atoms with E-state index in [0.717, 1.165) is 6.42 Å². The topological polar surface area (TPSA) is 9.72 Å². The van der Waals surface area contributed by atoms with Crippen molar-refractivity contribution in [1.29, 1.82) is 0 Å². The molecule has 3 heteroatoms. The van der Waals surface area contributed by atoms with Crippen LogP contribution in [0.25, 0.3) is 0 Å². The average Bonchev–Trinajstić information content (AvgIpc) is 3.36. The van der Waals surface area contributed by atoms with E-state index in [0.29, 0.717) is 5.41 Å². The minimum atomic E-state index is 0.308. The van der Waals surface area contributed by atoms with Crippen LogP contribution in [0.15, 0.2) is 58.2 Å². The van der Waals surface area contributed by atoms with Crippen molar-refractivity contribution in [3.05, 3.63) is 58.2 Å². The van der Waals surface area contributed by atoms with Gasteiger partial charge in [-0.2, -0.15) is 0 Å². The average molecular weight is 692 g/mol. The monoisotopic (exact) mass is 692 g/mol. The molecule has 0 saturated carbocycles. The van der Waals surface area contributed by atoms with Gasteiger partial charge < -0.3 is 14.7 Å². The number of rotatable bonds is 31. The van der Waals surface area contributed by atoms with Crippen molar-refractivity contribution in [1.82, 2.24) is 14.7 Å². The van der Waals surface area contributed by atoms with Crippen LogP contribution in [0.4, 0.5) is 0 Å². The molecule has 0 amide bonds. The second kappa shape index (κ2) is 27.2. The van der Waals surface area contributed by atoms with Crippen LogP contribution in [-0.4, -0.2) is 75.6 Å². The van der Waals surface area contributed by atoms with Crippen LogP contribution in [0.5, 0.6) is 0 Å². The third-order valence-electron chi connectivity index (χ3n) is 11.5. The van der Waals surface area contributed by atoms with E-state index in [9.17, 15) is 0 Å². The largest absolute Gasteiger partial charge is 0.309 e. The summed E-state index contributed by atoms with van der Waals surface area (Å²) in [5.41, 5.74) is 8.87.